The number of imidazole rings is 1. The van der Waals surface area contributed by atoms with Crippen LogP contribution in [0.25, 0.3) is 11.4 Å². The Kier molecular flexibility index (Phi) is 4.80. The van der Waals surface area contributed by atoms with E-state index in [9.17, 15) is 0 Å². The smallest absolute Gasteiger partial charge is 1.00 e. The minimum absolute atomic E-state index is 0. The van der Waals surface area contributed by atoms with Crippen LogP contribution in [0.3, 0.4) is 0 Å². The molecule has 0 radical (unpaired) electrons. The molecule has 1 aromatic heterocycles. The van der Waals surface area contributed by atoms with Crippen molar-refractivity contribution < 1.29 is 7.96 Å². The van der Waals surface area contributed by atoms with Crippen molar-refractivity contribution in [3.63, 3.8) is 0 Å². The van der Waals surface area contributed by atoms with E-state index < -0.39 is 0 Å². The quantitative estimate of drug-likeness (QED) is 0.772. The number of nitrogens with one attached hydrogen (secondary N) is 1. The van der Waals surface area contributed by atoms with Gasteiger partial charge in [0.2, 0.25) is 0 Å². The van der Waals surface area contributed by atoms with Crippen LogP contribution >= 0.6 is 0 Å². The second-order valence-electron chi connectivity index (χ2n) is 3.18. The molecular formula is C11H14CaN2O. The molecule has 2 aromatic rings. The molecule has 0 aliphatic carbocycles. The first-order chi connectivity index (χ1) is 6.81. The first kappa shape index (κ1) is 12.7. The Morgan fingerprint density at radius 1 is 1.33 bits per heavy atom. The number of rotatable bonds is 2. The Balaban J connectivity index is 0. The standard InChI is InChI=1S/C11H12N2O.Ca.2H/c1-8-10(7-14)13-11(12-8)9-5-3-2-4-6-9;;;/h2-6,14H,7H2,1H3,(H,12,13);;;/q;+2;2*-1. The number of aliphatic hydroxyl groups is 1. The predicted octanol–water partition coefficient (Wildman–Crippen LogP) is 1.72. The van der Waals surface area contributed by atoms with Crippen LogP contribution in [-0.4, -0.2) is 52.8 Å². The molecule has 0 spiro atoms. The van der Waals surface area contributed by atoms with Crippen molar-refractivity contribution in [2.24, 2.45) is 0 Å². The van der Waals surface area contributed by atoms with Gasteiger partial charge in [-0.2, -0.15) is 0 Å². The zero-order valence-corrected chi connectivity index (χ0v) is 10.9. The van der Waals surface area contributed by atoms with Crippen LogP contribution in [-0.2, 0) is 6.61 Å². The summed E-state index contributed by atoms with van der Waals surface area (Å²) in [5.74, 6) is 0.812. The molecular weight excluding hydrogens is 216 g/mol. The van der Waals surface area contributed by atoms with E-state index in [0.717, 1.165) is 17.1 Å². The molecule has 15 heavy (non-hydrogen) atoms. The predicted molar refractivity (Wildman–Crippen MR) is 62.7 cm³/mol. The van der Waals surface area contributed by atoms with Crippen LogP contribution in [0.5, 0.6) is 0 Å². The average Bonchev–Trinajstić information content (AvgIpc) is 2.61. The third kappa shape index (κ3) is 2.82. The van der Waals surface area contributed by atoms with E-state index >= 15 is 0 Å². The van der Waals surface area contributed by atoms with E-state index in [4.69, 9.17) is 5.11 Å². The van der Waals surface area contributed by atoms with Crippen molar-refractivity contribution in [3.8, 4) is 11.4 Å². The van der Waals surface area contributed by atoms with Gasteiger partial charge in [-0.3, -0.25) is 0 Å². The van der Waals surface area contributed by atoms with E-state index in [-0.39, 0.29) is 47.2 Å². The topological polar surface area (TPSA) is 48.9 Å². The van der Waals surface area contributed by atoms with Crippen LogP contribution < -0.4 is 0 Å². The number of hydrogen-bond donors (Lipinski definition) is 2. The summed E-state index contributed by atoms with van der Waals surface area (Å²) in [6.07, 6.45) is 0. The van der Waals surface area contributed by atoms with Gasteiger partial charge in [-0.1, -0.05) is 30.3 Å². The molecule has 0 saturated heterocycles. The fraction of sp³-hybridized carbons (Fsp3) is 0.182. The summed E-state index contributed by atoms with van der Waals surface area (Å²) in [4.78, 5) is 7.43. The second-order valence-corrected chi connectivity index (χ2v) is 3.18. The van der Waals surface area contributed by atoms with Crippen LogP contribution in [0.4, 0.5) is 0 Å². The van der Waals surface area contributed by atoms with Crippen molar-refractivity contribution in [2.45, 2.75) is 13.5 Å². The van der Waals surface area contributed by atoms with E-state index in [1.54, 1.807) is 0 Å². The maximum Gasteiger partial charge on any atom is 2.00 e. The molecule has 2 rings (SSSR count). The number of aromatic nitrogens is 2. The summed E-state index contributed by atoms with van der Waals surface area (Å²) < 4.78 is 0. The fourth-order valence-electron chi connectivity index (χ4n) is 1.38. The number of aromatic amines is 1. The van der Waals surface area contributed by atoms with E-state index in [1.807, 2.05) is 37.3 Å². The largest absolute Gasteiger partial charge is 2.00 e. The molecule has 1 aromatic carbocycles. The van der Waals surface area contributed by atoms with Gasteiger partial charge in [0.15, 0.2) is 0 Å². The number of aliphatic hydroxyl groups excluding tert-OH is 1. The summed E-state index contributed by atoms with van der Waals surface area (Å²) in [5, 5.41) is 9.00. The average molecular weight is 230 g/mol. The fourth-order valence-corrected chi connectivity index (χ4v) is 1.38. The van der Waals surface area contributed by atoms with Crippen molar-refractivity contribution in [1.82, 2.24) is 9.97 Å². The molecule has 1 heterocycles. The zero-order valence-electron chi connectivity index (χ0n) is 10.7. The summed E-state index contributed by atoms with van der Waals surface area (Å²) in [7, 11) is 0. The van der Waals surface area contributed by atoms with E-state index in [1.165, 1.54) is 0 Å². The number of aryl methyl sites for hydroxylation is 1. The van der Waals surface area contributed by atoms with Gasteiger partial charge < -0.3 is 12.9 Å². The number of nitrogens with zero attached hydrogens (tertiary/aromatic N) is 1. The van der Waals surface area contributed by atoms with Gasteiger partial charge in [0.05, 0.1) is 12.3 Å². The molecule has 76 valence electrons. The van der Waals surface area contributed by atoms with Crippen molar-refractivity contribution in [1.29, 1.82) is 0 Å². The molecule has 0 unspecified atom stereocenters. The second kappa shape index (κ2) is 5.66. The minimum Gasteiger partial charge on any atom is -1.00 e. The maximum atomic E-state index is 9.00. The molecule has 0 amide bonds. The van der Waals surface area contributed by atoms with E-state index in [0.29, 0.717) is 5.69 Å². The molecule has 0 saturated carbocycles. The van der Waals surface area contributed by atoms with Gasteiger partial charge in [-0.25, -0.2) is 4.98 Å². The van der Waals surface area contributed by atoms with Crippen LogP contribution in [0, 0.1) is 6.92 Å². The Morgan fingerprint density at radius 2 is 2.00 bits per heavy atom. The van der Waals surface area contributed by atoms with Crippen molar-refractivity contribution in [2.75, 3.05) is 0 Å². The van der Waals surface area contributed by atoms with Gasteiger partial charge in [0, 0.05) is 11.3 Å². The molecule has 0 atom stereocenters. The SMILES string of the molecule is Cc1[nH]c(-c2ccccc2)nc1CO.[Ca+2].[H-].[H-]. The Bertz CT molecular complexity index is 434. The number of hydrogen-bond acceptors (Lipinski definition) is 2. The van der Waals surface area contributed by atoms with Crippen molar-refractivity contribution in [3.05, 3.63) is 41.7 Å². The van der Waals surface area contributed by atoms with Gasteiger partial charge >= 0.3 is 37.7 Å². The summed E-state index contributed by atoms with van der Waals surface area (Å²) >= 11 is 0. The van der Waals surface area contributed by atoms with Gasteiger partial charge in [0.1, 0.15) is 5.82 Å². The minimum atomic E-state index is -0.0187. The van der Waals surface area contributed by atoms with Crippen molar-refractivity contribution >= 4 is 37.7 Å². The molecule has 0 aliphatic heterocycles. The molecule has 3 nitrogen and oxygen atoms in total. The molecule has 0 bridgehead atoms. The third-order valence-corrected chi connectivity index (χ3v) is 2.18. The molecule has 0 fully saturated rings. The Morgan fingerprint density at radius 3 is 2.53 bits per heavy atom. The van der Waals surface area contributed by atoms with Gasteiger partial charge in [-0.05, 0) is 6.92 Å². The maximum absolute atomic E-state index is 9.00. The Labute approximate surface area is 122 Å². The first-order valence-corrected chi connectivity index (χ1v) is 4.53. The number of H-pyrrole nitrogens is 1. The third-order valence-electron chi connectivity index (χ3n) is 2.18. The summed E-state index contributed by atoms with van der Waals surface area (Å²) in [6.45, 7) is 1.89. The van der Waals surface area contributed by atoms with Gasteiger partial charge in [0.25, 0.3) is 0 Å². The van der Waals surface area contributed by atoms with E-state index in [2.05, 4.69) is 9.97 Å². The number of benzene rings is 1. The van der Waals surface area contributed by atoms with Crippen LogP contribution in [0.1, 0.15) is 14.2 Å². The summed E-state index contributed by atoms with van der Waals surface area (Å²) in [5.41, 5.74) is 2.67. The van der Waals surface area contributed by atoms with Crippen LogP contribution in [0.2, 0.25) is 0 Å². The Hall–Kier alpha value is -0.350. The first-order valence-electron chi connectivity index (χ1n) is 4.53. The normalized spacial score (nSPS) is 9.73. The molecule has 0 aliphatic rings. The monoisotopic (exact) mass is 230 g/mol. The van der Waals surface area contributed by atoms with Crippen LogP contribution in [0.15, 0.2) is 30.3 Å². The molecule has 2 N–H and O–H groups in total. The summed E-state index contributed by atoms with van der Waals surface area (Å²) in [6, 6.07) is 9.86. The van der Waals surface area contributed by atoms with Gasteiger partial charge in [-0.15, -0.1) is 0 Å². The zero-order chi connectivity index (χ0) is 9.97. The molecule has 4 heteroatoms.